The normalized spacial score (nSPS) is 13.3. The fraction of sp³-hybridized carbons (Fsp3) is 0.467. The minimum absolute atomic E-state index is 0.0795. The number of anilines is 1. The lowest BCUT2D eigenvalue weighted by Crippen LogP contribution is -2.31. The van der Waals surface area contributed by atoms with Crippen LogP contribution in [0.4, 0.5) is 5.69 Å². The third kappa shape index (κ3) is 4.75. The topological polar surface area (TPSA) is 105 Å². The Morgan fingerprint density at radius 2 is 1.90 bits per heavy atom. The molecule has 1 aromatic rings. The number of hydrogen-bond acceptors (Lipinski definition) is 6. The van der Waals surface area contributed by atoms with Gasteiger partial charge in [-0.15, -0.1) is 0 Å². The number of hydrogen-bond donors (Lipinski definition) is 2. The van der Waals surface area contributed by atoms with E-state index < -0.39 is 23.8 Å². The van der Waals surface area contributed by atoms with Gasteiger partial charge in [0, 0.05) is 11.3 Å². The number of benzene rings is 1. The molecule has 0 amide bonds. The van der Waals surface area contributed by atoms with Gasteiger partial charge in [-0.25, -0.2) is 0 Å². The summed E-state index contributed by atoms with van der Waals surface area (Å²) >= 11 is 0. The zero-order valence-electron chi connectivity index (χ0n) is 12.4. The van der Waals surface area contributed by atoms with Crippen molar-refractivity contribution in [1.29, 1.82) is 0 Å². The number of carbonyl (C=O) groups is 2. The highest BCUT2D eigenvalue weighted by atomic mass is 16.7. The predicted molar refractivity (Wildman–Crippen MR) is 78.5 cm³/mol. The second kappa shape index (κ2) is 8.26. The SMILES string of the molecule is CCC[C@H](C(=O)OCc1ccccc1N)C(C)C(=O)ON. The van der Waals surface area contributed by atoms with Gasteiger partial charge in [0.25, 0.3) is 0 Å². The molecule has 0 aromatic heterocycles. The summed E-state index contributed by atoms with van der Waals surface area (Å²) in [7, 11) is 0. The maximum atomic E-state index is 12.2. The molecule has 0 aliphatic carbocycles. The van der Waals surface area contributed by atoms with Crippen molar-refractivity contribution in [2.75, 3.05) is 5.73 Å². The van der Waals surface area contributed by atoms with Crippen molar-refractivity contribution in [2.45, 2.75) is 33.3 Å². The average Bonchev–Trinajstić information content (AvgIpc) is 2.50. The first kappa shape index (κ1) is 17.0. The Hall–Kier alpha value is -2.08. The van der Waals surface area contributed by atoms with E-state index in [2.05, 4.69) is 4.84 Å². The lowest BCUT2D eigenvalue weighted by atomic mass is 9.90. The van der Waals surface area contributed by atoms with Gasteiger partial charge in [-0.1, -0.05) is 38.5 Å². The molecule has 0 heterocycles. The molecule has 0 radical (unpaired) electrons. The third-order valence-electron chi connectivity index (χ3n) is 3.42. The number of carbonyl (C=O) groups excluding carboxylic acids is 2. The Morgan fingerprint density at radius 1 is 1.24 bits per heavy atom. The van der Waals surface area contributed by atoms with Crippen molar-refractivity contribution in [3.8, 4) is 0 Å². The summed E-state index contributed by atoms with van der Waals surface area (Å²) in [5.41, 5.74) is 7.08. The molecule has 1 aromatic carbocycles. The largest absolute Gasteiger partial charge is 0.460 e. The van der Waals surface area contributed by atoms with Crippen molar-refractivity contribution in [3.05, 3.63) is 29.8 Å². The van der Waals surface area contributed by atoms with Gasteiger partial charge in [0.1, 0.15) is 6.61 Å². The van der Waals surface area contributed by atoms with Crippen molar-refractivity contribution in [1.82, 2.24) is 0 Å². The van der Waals surface area contributed by atoms with Crippen molar-refractivity contribution >= 4 is 17.6 Å². The van der Waals surface area contributed by atoms with Crippen LogP contribution in [-0.2, 0) is 25.8 Å². The zero-order valence-corrected chi connectivity index (χ0v) is 12.4. The molecule has 6 nitrogen and oxygen atoms in total. The van der Waals surface area contributed by atoms with Crippen molar-refractivity contribution in [2.24, 2.45) is 17.7 Å². The second-order valence-electron chi connectivity index (χ2n) is 4.93. The van der Waals surface area contributed by atoms with Crippen LogP contribution in [0.5, 0.6) is 0 Å². The lowest BCUT2D eigenvalue weighted by molar-refractivity contribution is -0.161. The van der Waals surface area contributed by atoms with Crippen LogP contribution in [0.3, 0.4) is 0 Å². The Kier molecular flexibility index (Phi) is 6.68. The first-order valence-corrected chi connectivity index (χ1v) is 6.91. The molecule has 0 saturated heterocycles. The van der Waals surface area contributed by atoms with E-state index in [1.54, 1.807) is 25.1 Å². The molecule has 4 N–H and O–H groups in total. The van der Waals surface area contributed by atoms with E-state index in [1.165, 1.54) is 0 Å². The highest BCUT2D eigenvalue weighted by Gasteiger charge is 2.31. The van der Waals surface area contributed by atoms with Gasteiger partial charge >= 0.3 is 11.9 Å². The third-order valence-corrected chi connectivity index (χ3v) is 3.42. The summed E-state index contributed by atoms with van der Waals surface area (Å²) in [6.45, 7) is 3.61. The number of esters is 1. The molecule has 0 saturated carbocycles. The molecule has 1 unspecified atom stereocenters. The fourth-order valence-corrected chi connectivity index (χ4v) is 2.08. The van der Waals surface area contributed by atoms with Crippen molar-refractivity contribution in [3.63, 3.8) is 0 Å². The quantitative estimate of drug-likeness (QED) is 0.451. The molecule has 1 rings (SSSR count). The van der Waals surface area contributed by atoms with Crippen LogP contribution < -0.4 is 11.6 Å². The van der Waals surface area contributed by atoms with Crippen LogP contribution in [0.1, 0.15) is 32.3 Å². The van der Waals surface area contributed by atoms with Crippen LogP contribution in [-0.4, -0.2) is 11.9 Å². The average molecular weight is 294 g/mol. The van der Waals surface area contributed by atoms with Crippen LogP contribution in [0.15, 0.2) is 24.3 Å². The summed E-state index contributed by atoms with van der Waals surface area (Å²) < 4.78 is 5.27. The number of nitrogens with two attached hydrogens (primary N) is 2. The minimum Gasteiger partial charge on any atom is -0.460 e. The van der Waals surface area contributed by atoms with E-state index in [4.69, 9.17) is 16.4 Å². The smallest absolute Gasteiger partial charge is 0.328 e. The Balaban J connectivity index is 2.69. The summed E-state index contributed by atoms with van der Waals surface area (Å²) in [5, 5.41) is 0. The highest BCUT2D eigenvalue weighted by molar-refractivity contribution is 5.81. The summed E-state index contributed by atoms with van der Waals surface area (Å²) in [6.07, 6.45) is 1.27. The molecule has 0 fully saturated rings. The van der Waals surface area contributed by atoms with E-state index in [0.29, 0.717) is 12.1 Å². The van der Waals surface area contributed by atoms with Crippen LogP contribution >= 0.6 is 0 Å². The monoisotopic (exact) mass is 294 g/mol. The van der Waals surface area contributed by atoms with E-state index in [9.17, 15) is 9.59 Å². The predicted octanol–water partition coefficient (Wildman–Crippen LogP) is 1.78. The Morgan fingerprint density at radius 3 is 2.48 bits per heavy atom. The first-order valence-electron chi connectivity index (χ1n) is 6.91. The van der Waals surface area contributed by atoms with Gasteiger partial charge in [0.2, 0.25) is 0 Å². The standard InChI is InChI=1S/C15H22N2O4/c1-3-6-12(10(2)14(18)21-17)15(19)20-9-11-7-4-5-8-13(11)16/h4-5,7-8,10,12H,3,6,9,16-17H2,1-2H3/t10?,12-/m0/s1. The molecule has 0 aliphatic heterocycles. The first-order chi connectivity index (χ1) is 10.0. The van der Waals surface area contributed by atoms with Gasteiger partial charge in [0.05, 0.1) is 11.8 Å². The number of nitrogen functional groups attached to an aromatic ring is 1. The van der Waals surface area contributed by atoms with E-state index in [-0.39, 0.29) is 6.61 Å². The molecule has 0 aliphatic rings. The molecule has 2 atom stereocenters. The number of ether oxygens (including phenoxy) is 1. The van der Waals surface area contributed by atoms with Gasteiger partial charge in [0.15, 0.2) is 0 Å². The lowest BCUT2D eigenvalue weighted by Gasteiger charge is -2.20. The molecule has 6 heteroatoms. The van der Waals surface area contributed by atoms with Gasteiger partial charge in [-0.3, -0.25) is 9.59 Å². The molecule has 0 spiro atoms. The van der Waals surface area contributed by atoms with Crippen LogP contribution in [0.25, 0.3) is 0 Å². The Labute approximate surface area is 124 Å². The second-order valence-corrected chi connectivity index (χ2v) is 4.93. The fourth-order valence-electron chi connectivity index (χ4n) is 2.08. The van der Waals surface area contributed by atoms with E-state index in [0.717, 1.165) is 12.0 Å². The van der Waals surface area contributed by atoms with Gasteiger partial charge in [-0.05, 0) is 12.5 Å². The minimum atomic E-state index is -0.643. The Bertz CT molecular complexity index is 490. The van der Waals surface area contributed by atoms with Crippen LogP contribution in [0, 0.1) is 11.8 Å². The number of para-hydroxylation sites is 1. The summed E-state index contributed by atoms with van der Waals surface area (Å²) in [4.78, 5) is 27.9. The maximum absolute atomic E-state index is 12.2. The summed E-state index contributed by atoms with van der Waals surface area (Å²) in [5.74, 6) is 2.59. The zero-order chi connectivity index (χ0) is 15.8. The van der Waals surface area contributed by atoms with Gasteiger partial charge in [-0.2, -0.15) is 5.90 Å². The molecule has 116 valence electrons. The van der Waals surface area contributed by atoms with E-state index >= 15 is 0 Å². The van der Waals surface area contributed by atoms with Gasteiger partial charge < -0.3 is 15.3 Å². The molecular weight excluding hydrogens is 272 g/mol. The number of rotatable bonds is 7. The van der Waals surface area contributed by atoms with E-state index in [1.807, 2.05) is 13.0 Å². The van der Waals surface area contributed by atoms with Crippen LogP contribution in [0.2, 0.25) is 0 Å². The molecule has 0 bridgehead atoms. The highest BCUT2D eigenvalue weighted by Crippen LogP contribution is 2.22. The van der Waals surface area contributed by atoms with Crippen molar-refractivity contribution < 1.29 is 19.2 Å². The maximum Gasteiger partial charge on any atom is 0.328 e. The molecular formula is C15H22N2O4. The summed E-state index contributed by atoms with van der Waals surface area (Å²) in [6, 6.07) is 7.15. The molecule has 21 heavy (non-hydrogen) atoms.